The van der Waals surface area contributed by atoms with Gasteiger partial charge in [-0.3, -0.25) is 14.8 Å². The highest BCUT2D eigenvalue weighted by molar-refractivity contribution is 5.99. The number of aromatic nitrogens is 2. The lowest BCUT2D eigenvalue weighted by molar-refractivity contribution is -0.383. The Morgan fingerprint density at radius 1 is 1.16 bits per heavy atom. The molecule has 1 heterocycles. The Balaban J connectivity index is 2.37. The van der Waals surface area contributed by atoms with E-state index >= 15 is 0 Å². The molecule has 0 saturated heterocycles. The Hall–Kier alpha value is -2.69. The van der Waals surface area contributed by atoms with Gasteiger partial charge in [0.1, 0.15) is 0 Å². The van der Waals surface area contributed by atoms with E-state index in [4.69, 9.17) is 0 Å². The highest BCUT2D eigenvalue weighted by Gasteiger charge is 2.18. The van der Waals surface area contributed by atoms with Gasteiger partial charge in [0.25, 0.3) is 5.69 Å². The number of fused-ring (bicyclic) bond motifs is 1. The van der Waals surface area contributed by atoms with Crippen LogP contribution >= 0.6 is 0 Å². The molecule has 0 aliphatic rings. The van der Waals surface area contributed by atoms with Gasteiger partial charge < -0.3 is 0 Å². The number of rotatable bonds is 2. The lowest BCUT2D eigenvalue weighted by atomic mass is 10.0. The van der Waals surface area contributed by atoms with Gasteiger partial charge in [-0.15, -0.1) is 0 Å². The minimum absolute atomic E-state index is 0.0859. The molecule has 94 valence electrons. The quantitative estimate of drug-likeness (QED) is 0.520. The van der Waals surface area contributed by atoms with Crippen molar-refractivity contribution in [1.29, 1.82) is 0 Å². The van der Waals surface area contributed by atoms with Crippen LogP contribution in [0, 0.1) is 10.1 Å². The molecule has 1 aromatic heterocycles. The molecule has 19 heavy (non-hydrogen) atoms. The van der Waals surface area contributed by atoms with Crippen LogP contribution in [0.5, 0.6) is 0 Å². The SMILES string of the molecule is Cn1ncc2c([N+](=O)[O-])ccc(-c3ccccc3)c21. The van der Waals surface area contributed by atoms with Crippen molar-refractivity contribution in [2.75, 3.05) is 0 Å². The van der Waals surface area contributed by atoms with E-state index in [-0.39, 0.29) is 10.6 Å². The van der Waals surface area contributed by atoms with Gasteiger partial charge >= 0.3 is 0 Å². The topological polar surface area (TPSA) is 61.0 Å². The van der Waals surface area contributed by atoms with Crippen molar-refractivity contribution in [3.05, 3.63) is 58.8 Å². The Bertz CT molecular complexity index is 763. The predicted octanol–water partition coefficient (Wildman–Crippen LogP) is 3.15. The Morgan fingerprint density at radius 2 is 1.89 bits per heavy atom. The van der Waals surface area contributed by atoms with Crippen LogP contribution in [0.15, 0.2) is 48.7 Å². The molecule has 0 radical (unpaired) electrons. The maximum absolute atomic E-state index is 11.0. The number of nitrogens with zero attached hydrogens (tertiary/aromatic N) is 3. The summed E-state index contributed by atoms with van der Waals surface area (Å²) in [6, 6.07) is 13.1. The third kappa shape index (κ3) is 1.76. The smallest absolute Gasteiger partial charge is 0.267 e. The van der Waals surface area contributed by atoms with E-state index in [1.807, 2.05) is 30.3 Å². The lowest BCUT2D eigenvalue weighted by Gasteiger charge is -2.05. The number of hydrogen-bond donors (Lipinski definition) is 0. The first-order chi connectivity index (χ1) is 9.18. The summed E-state index contributed by atoms with van der Waals surface area (Å²) < 4.78 is 1.67. The molecular weight excluding hydrogens is 242 g/mol. The van der Waals surface area contributed by atoms with Crippen molar-refractivity contribution in [2.24, 2.45) is 7.05 Å². The van der Waals surface area contributed by atoms with Crippen molar-refractivity contribution < 1.29 is 4.92 Å². The monoisotopic (exact) mass is 253 g/mol. The summed E-state index contributed by atoms with van der Waals surface area (Å²) in [6.45, 7) is 0. The van der Waals surface area contributed by atoms with Crippen molar-refractivity contribution >= 4 is 16.6 Å². The Labute approximate surface area is 109 Å². The fraction of sp³-hybridized carbons (Fsp3) is 0.0714. The van der Waals surface area contributed by atoms with Gasteiger partial charge in [-0.05, 0) is 11.6 Å². The zero-order valence-electron chi connectivity index (χ0n) is 10.3. The summed E-state index contributed by atoms with van der Waals surface area (Å²) in [4.78, 5) is 10.7. The fourth-order valence-corrected chi connectivity index (χ4v) is 2.29. The van der Waals surface area contributed by atoms with Crippen LogP contribution in [-0.2, 0) is 7.05 Å². The highest BCUT2D eigenvalue weighted by atomic mass is 16.6. The molecule has 0 atom stereocenters. The van der Waals surface area contributed by atoms with Gasteiger partial charge in [0.05, 0.1) is 22.0 Å². The lowest BCUT2D eigenvalue weighted by Crippen LogP contribution is -1.94. The molecule has 0 amide bonds. The van der Waals surface area contributed by atoms with E-state index in [0.717, 1.165) is 16.6 Å². The van der Waals surface area contributed by atoms with Crippen molar-refractivity contribution in [3.63, 3.8) is 0 Å². The first-order valence-electron chi connectivity index (χ1n) is 5.83. The van der Waals surface area contributed by atoms with Crippen molar-refractivity contribution in [2.45, 2.75) is 0 Å². The molecule has 0 fully saturated rings. The Kier molecular flexibility index (Phi) is 2.52. The molecule has 0 N–H and O–H groups in total. The number of benzene rings is 2. The third-order valence-corrected chi connectivity index (χ3v) is 3.16. The molecule has 0 aliphatic carbocycles. The van der Waals surface area contributed by atoms with Crippen LogP contribution in [0.2, 0.25) is 0 Å². The molecule has 2 aromatic carbocycles. The normalized spacial score (nSPS) is 10.8. The maximum atomic E-state index is 11.0. The number of non-ortho nitro benzene ring substituents is 1. The molecular formula is C14H11N3O2. The van der Waals surface area contributed by atoms with Crippen LogP contribution < -0.4 is 0 Å². The number of nitro groups is 1. The standard InChI is InChI=1S/C14H11N3O2/c1-16-14-11(10-5-3-2-4-6-10)7-8-13(17(18)19)12(14)9-15-16/h2-9H,1H3. The van der Waals surface area contributed by atoms with Gasteiger partial charge in [-0.1, -0.05) is 30.3 Å². The average molecular weight is 253 g/mol. The summed E-state index contributed by atoms with van der Waals surface area (Å²) in [5, 5.41) is 15.7. The van der Waals surface area contributed by atoms with Crippen molar-refractivity contribution in [3.8, 4) is 11.1 Å². The van der Waals surface area contributed by atoms with Gasteiger partial charge in [0, 0.05) is 18.7 Å². The van der Waals surface area contributed by atoms with Crippen LogP contribution in [-0.4, -0.2) is 14.7 Å². The van der Waals surface area contributed by atoms with Crippen LogP contribution in [0.3, 0.4) is 0 Å². The fourth-order valence-electron chi connectivity index (χ4n) is 2.29. The third-order valence-electron chi connectivity index (χ3n) is 3.16. The summed E-state index contributed by atoms with van der Waals surface area (Å²) in [7, 11) is 1.79. The van der Waals surface area contributed by atoms with E-state index < -0.39 is 0 Å². The largest absolute Gasteiger partial charge is 0.280 e. The number of nitro benzene ring substituents is 1. The summed E-state index contributed by atoms with van der Waals surface area (Å²) in [6.07, 6.45) is 1.54. The molecule has 0 aliphatic heterocycles. The van der Waals surface area contributed by atoms with Crippen LogP contribution in [0.4, 0.5) is 5.69 Å². The van der Waals surface area contributed by atoms with Crippen molar-refractivity contribution in [1.82, 2.24) is 9.78 Å². The molecule has 0 spiro atoms. The average Bonchev–Trinajstić information content (AvgIpc) is 2.81. The van der Waals surface area contributed by atoms with Gasteiger partial charge in [-0.25, -0.2) is 0 Å². The predicted molar refractivity (Wildman–Crippen MR) is 72.8 cm³/mol. The zero-order chi connectivity index (χ0) is 13.4. The molecule has 3 rings (SSSR count). The summed E-state index contributed by atoms with van der Waals surface area (Å²) in [5.74, 6) is 0. The molecule has 0 saturated carbocycles. The van der Waals surface area contributed by atoms with Crippen LogP contribution in [0.25, 0.3) is 22.0 Å². The first kappa shape index (κ1) is 11.4. The molecule has 0 unspecified atom stereocenters. The number of aryl methyl sites for hydroxylation is 1. The first-order valence-corrected chi connectivity index (χ1v) is 5.83. The van der Waals surface area contributed by atoms with E-state index in [1.54, 1.807) is 24.0 Å². The van der Waals surface area contributed by atoms with Crippen LogP contribution in [0.1, 0.15) is 0 Å². The molecule has 5 heteroatoms. The van der Waals surface area contributed by atoms with Gasteiger partial charge in [0.2, 0.25) is 0 Å². The van der Waals surface area contributed by atoms with E-state index in [1.165, 1.54) is 6.07 Å². The minimum Gasteiger partial charge on any atom is -0.267 e. The minimum atomic E-state index is -0.376. The summed E-state index contributed by atoms with van der Waals surface area (Å²) in [5.41, 5.74) is 2.83. The maximum Gasteiger partial charge on any atom is 0.280 e. The van der Waals surface area contributed by atoms with Gasteiger partial charge in [0.15, 0.2) is 0 Å². The summed E-state index contributed by atoms with van der Waals surface area (Å²) >= 11 is 0. The molecule has 5 nitrogen and oxygen atoms in total. The van der Waals surface area contributed by atoms with Gasteiger partial charge in [-0.2, -0.15) is 5.10 Å². The Morgan fingerprint density at radius 3 is 2.58 bits per heavy atom. The number of hydrogen-bond acceptors (Lipinski definition) is 3. The van der Waals surface area contributed by atoms with E-state index in [0.29, 0.717) is 5.39 Å². The van der Waals surface area contributed by atoms with E-state index in [9.17, 15) is 10.1 Å². The second-order valence-corrected chi connectivity index (χ2v) is 4.29. The second kappa shape index (κ2) is 4.20. The molecule has 0 bridgehead atoms. The highest BCUT2D eigenvalue weighted by Crippen LogP contribution is 2.33. The van der Waals surface area contributed by atoms with E-state index in [2.05, 4.69) is 5.10 Å². The molecule has 3 aromatic rings. The second-order valence-electron chi connectivity index (χ2n) is 4.29. The zero-order valence-corrected chi connectivity index (χ0v) is 10.3.